The largest absolute Gasteiger partial charge is 0.350 e. The van der Waals surface area contributed by atoms with Crippen molar-refractivity contribution in [3.63, 3.8) is 0 Å². The quantitative estimate of drug-likeness (QED) is 0.809. The van der Waals surface area contributed by atoms with E-state index in [9.17, 15) is 4.79 Å². The van der Waals surface area contributed by atoms with Crippen molar-refractivity contribution >= 4 is 34.1 Å². The van der Waals surface area contributed by atoms with Gasteiger partial charge in [-0.15, -0.1) is 0 Å². The summed E-state index contributed by atoms with van der Waals surface area (Å²) in [5.41, 5.74) is 0. The average molecular weight is 278 g/mol. The predicted octanol–water partition coefficient (Wildman–Crippen LogP) is 2.41. The maximum Gasteiger partial charge on any atom is 0.241 e. The molecule has 0 aliphatic rings. The monoisotopic (exact) mass is 277 g/mol. The van der Waals surface area contributed by atoms with Crippen LogP contribution in [0.25, 0.3) is 10.8 Å². The number of carbonyl (C=O) groups is 1. The lowest BCUT2D eigenvalue weighted by Crippen LogP contribution is -2.34. The molecule has 1 heterocycles. The van der Waals surface area contributed by atoms with E-state index in [1.54, 1.807) is 23.9 Å². The fourth-order valence-corrected chi connectivity index (χ4v) is 2.02. The summed E-state index contributed by atoms with van der Waals surface area (Å²) in [7, 11) is 5.29. The van der Waals surface area contributed by atoms with Crippen LogP contribution in [-0.2, 0) is 4.79 Å². The van der Waals surface area contributed by atoms with Crippen molar-refractivity contribution in [1.82, 2.24) is 9.88 Å². The molecule has 1 amide bonds. The van der Waals surface area contributed by atoms with E-state index in [2.05, 4.69) is 4.98 Å². The van der Waals surface area contributed by atoms with Crippen LogP contribution >= 0.6 is 11.6 Å². The van der Waals surface area contributed by atoms with E-state index >= 15 is 0 Å². The van der Waals surface area contributed by atoms with Crippen LogP contribution in [0.2, 0.25) is 5.15 Å². The van der Waals surface area contributed by atoms with Gasteiger partial charge in [0.15, 0.2) is 0 Å². The van der Waals surface area contributed by atoms with Gasteiger partial charge in [-0.1, -0.05) is 35.9 Å². The van der Waals surface area contributed by atoms with Gasteiger partial charge in [0, 0.05) is 26.5 Å². The Labute approximate surface area is 117 Å². The Morgan fingerprint density at radius 2 is 1.95 bits per heavy atom. The highest BCUT2D eigenvalue weighted by Gasteiger charge is 2.12. The number of fused-ring (bicyclic) bond motifs is 1. The highest BCUT2D eigenvalue weighted by atomic mass is 35.5. The second kappa shape index (κ2) is 5.45. The van der Waals surface area contributed by atoms with Crippen LogP contribution in [0.4, 0.5) is 5.82 Å². The van der Waals surface area contributed by atoms with Gasteiger partial charge in [0.05, 0.1) is 6.54 Å². The van der Waals surface area contributed by atoms with E-state index in [4.69, 9.17) is 11.6 Å². The Morgan fingerprint density at radius 1 is 1.26 bits per heavy atom. The van der Waals surface area contributed by atoms with Crippen LogP contribution in [0, 0.1) is 0 Å². The van der Waals surface area contributed by atoms with Crippen molar-refractivity contribution in [2.45, 2.75) is 0 Å². The van der Waals surface area contributed by atoms with E-state index in [1.165, 1.54) is 0 Å². The smallest absolute Gasteiger partial charge is 0.241 e. The molecule has 100 valence electrons. The number of pyridine rings is 1. The van der Waals surface area contributed by atoms with E-state index in [0.29, 0.717) is 11.0 Å². The van der Waals surface area contributed by atoms with Crippen molar-refractivity contribution in [2.24, 2.45) is 0 Å². The fourth-order valence-electron chi connectivity index (χ4n) is 1.76. The third-order valence-electron chi connectivity index (χ3n) is 2.94. The number of nitrogens with zero attached hydrogens (tertiary/aromatic N) is 3. The molecule has 4 nitrogen and oxygen atoms in total. The van der Waals surface area contributed by atoms with Gasteiger partial charge in [-0.3, -0.25) is 4.79 Å². The summed E-state index contributed by atoms with van der Waals surface area (Å²) in [6, 6.07) is 9.72. The van der Waals surface area contributed by atoms with E-state index < -0.39 is 0 Å². The minimum absolute atomic E-state index is 0.0218. The zero-order valence-electron chi connectivity index (χ0n) is 11.2. The van der Waals surface area contributed by atoms with Gasteiger partial charge in [0.2, 0.25) is 5.91 Å². The van der Waals surface area contributed by atoms with Crippen LogP contribution in [0.15, 0.2) is 30.3 Å². The number of rotatable bonds is 3. The molecule has 2 rings (SSSR count). The molecule has 1 aromatic carbocycles. The first-order valence-corrected chi connectivity index (χ1v) is 6.33. The molecular formula is C14H16ClN3O. The van der Waals surface area contributed by atoms with Gasteiger partial charge in [-0.05, 0) is 11.5 Å². The molecule has 0 unspecified atom stereocenters. The number of likely N-dealkylation sites (N-methyl/N-ethyl adjacent to an activating group) is 2. The van der Waals surface area contributed by atoms with E-state index in [0.717, 1.165) is 10.8 Å². The minimum Gasteiger partial charge on any atom is -0.350 e. The van der Waals surface area contributed by atoms with Gasteiger partial charge in [0.1, 0.15) is 11.0 Å². The Balaban J connectivity index is 2.32. The first kappa shape index (κ1) is 13.6. The molecule has 0 atom stereocenters. The summed E-state index contributed by atoms with van der Waals surface area (Å²) in [6.45, 7) is 0.272. The van der Waals surface area contributed by atoms with Crippen LogP contribution in [0.3, 0.4) is 0 Å². The predicted molar refractivity (Wildman–Crippen MR) is 78.7 cm³/mol. The number of carbonyl (C=O) groups excluding carboxylic acids is 1. The number of hydrogen-bond acceptors (Lipinski definition) is 3. The maximum absolute atomic E-state index is 11.7. The van der Waals surface area contributed by atoms with Crippen molar-refractivity contribution in [3.05, 3.63) is 35.5 Å². The molecule has 1 aromatic heterocycles. The van der Waals surface area contributed by atoms with Gasteiger partial charge < -0.3 is 9.80 Å². The Morgan fingerprint density at radius 3 is 2.63 bits per heavy atom. The highest BCUT2D eigenvalue weighted by Crippen LogP contribution is 2.25. The van der Waals surface area contributed by atoms with Gasteiger partial charge in [-0.25, -0.2) is 4.98 Å². The average Bonchev–Trinajstić information content (AvgIpc) is 2.38. The van der Waals surface area contributed by atoms with Gasteiger partial charge in [-0.2, -0.15) is 0 Å². The fraction of sp³-hybridized carbons (Fsp3) is 0.286. The number of hydrogen-bond donors (Lipinski definition) is 0. The molecule has 19 heavy (non-hydrogen) atoms. The van der Waals surface area contributed by atoms with Crippen molar-refractivity contribution in [1.29, 1.82) is 0 Å². The molecule has 2 aromatic rings. The van der Waals surface area contributed by atoms with Crippen LogP contribution in [0.1, 0.15) is 0 Å². The first-order valence-electron chi connectivity index (χ1n) is 5.95. The summed E-state index contributed by atoms with van der Waals surface area (Å²) in [6.07, 6.45) is 0. The SMILES string of the molecule is CN(C)C(=O)CN(C)c1cc2ccccc2c(Cl)n1. The summed E-state index contributed by atoms with van der Waals surface area (Å²) in [4.78, 5) is 19.4. The Kier molecular flexibility index (Phi) is 3.90. The Bertz CT molecular complexity index is 613. The second-order valence-electron chi connectivity index (χ2n) is 4.64. The number of halogens is 1. The van der Waals surface area contributed by atoms with E-state index in [-0.39, 0.29) is 12.5 Å². The normalized spacial score (nSPS) is 10.5. The van der Waals surface area contributed by atoms with Crippen LogP contribution in [-0.4, -0.2) is 43.5 Å². The van der Waals surface area contributed by atoms with E-state index in [1.807, 2.05) is 37.4 Å². The zero-order chi connectivity index (χ0) is 14.0. The standard InChI is InChI=1S/C14H16ClN3O/c1-17(2)13(19)9-18(3)12-8-10-6-4-5-7-11(10)14(15)16-12/h4-8H,9H2,1-3H3. The number of aromatic nitrogens is 1. The molecule has 0 aliphatic heterocycles. The lowest BCUT2D eigenvalue weighted by atomic mass is 10.2. The third kappa shape index (κ3) is 2.96. The Hall–Kier alpha value is -1.81. The summed E-state index contributed by atoms with van der Waals surface area (Å²) < 4.78 is 0. The molecule has 0 aliphatic carbocycles. The molecule has 5 heteroatoms. The second-order valence-corrected chi connectivity index (χ2v) is 4.99. The molecule has 0 fully saturated rings. The molecule has 0 N–H and O–H groups in total. The van der Waals surface area contributed by atoms with Crippen molar-refractivity contribution < 1.29 is 4.79 Å². The van der Waals surface area contributed by atoms with Crippen molar-refractivity contribution in [3.8, 4) is 0 Å². The molecule has 0 spiro atoms. The molecule has 0 saturated heterocycles. The topological polar surface area (TPSA) is 36.4 Å². The minimum atomic E-state index is 0.0218. The van der Waals surface area contributed by atoms with Crippen molar-refractivity contribution in [2.75, 3.05) is 32.6 Å². The lowest BCUT2D eigenvalue weighted by molar-refractivity contribution is -0.127. The molecular weight excluding hydrogens is 262 g/mol. The third-order valence-corrected chi connectivity index (χ3v) is 3.23. The maximum atomic E-state index is 11.7. The summed E-state index contributed by atoms with van der Waals surface area (Å²) in [5.74, 6) is 0.715. The number of anilines is 1. The number of benzene rings is 1. The summed E-state index contributed by atoms with van der Waals surface area (Å²) >= 11 is 6.17. The molecule has 0 bridgehead atoms. The zero-order valence-corrected chi connectivity index (χ0v) is 12.0. The molecule has 0 radical (unpaired) electrons. The van der Waals surface area contributed by atoms with Gasteiger partial charge in [0.25, 0.3) is 0 Å². The van der Waals surface area contributed by atoms with Crippen LogP contribution < -0.4 is 4.90 Å². The van der Waals surface area contributed by atoms with Crippen LogP contribution in [0.5, 0.6) is 0 Å². The first-order chi connectivity index (χ1) is 8.99. The lowest BCUT2D eigenvalue weighted by Gasteiger charge is -2.20. The highest BCUT2D eigenvalue weighted by molar-refractivity contribution is 6.34. The summed E-state index contributed by atoms with van der Waals surface area (Å²) in [5, 5.41) is 2.39. The van der Waals surface area contributed by atoms with Gasteiger partial charge >= 0.3 is 0 Å². The molecule has 0 saturated carbocycles. The number of amides is 1.